The summed E-state index contributed by atoms with van der Waals surface area (Å²) in [6, 6.07) is 1.61. The fourth-order valence-corrected chi connectivity index (χ4v) is 2.02. The van der Waals surface area contributed by atoms with Gasteiger partial charge in [0.2, 0.25) is 0 Å². The van der Waals surface area contributed by atoms with Crippen LogP contribution in [0.2, 0.25) is 0 Å². The number of hydrogen-bond donors (Lipinski definition) is 0. The Labute approximate surface area is 129 Å². The normalized spacial score (nSPS) is 18.5. The highest BCUT2D eigenvalue weighted by molar-refractivity contribution is 9.10. The molecule has 0 radical (unpaired) electrons. The second-order valence-electron chi connectivity index (χ2n) is 4.68. The molecule has 0 unspecified atom stereocenters. The molecule has 1 saturated heterocycles. The molecule has 0 bridgehead atoms. The van der Waals surface area contributed by atoms with Crippen LogP contribution in [0.15, 0.2) is 21.9 Å². The summed E-state index contributed by atoms with van der Waals surface area (Å²) in [7, 11) is 1.49. The van der Waals surface area contributed by atoms with Crippen molar-refractivity contribution >= 4 is 39.8 Å². The van der Waals surface area contributed by atoms with E-state index in [1.807, 2.05) is 0 Å². The Kier molecular flexibility index (Phi) is 4.26. The monoisotopic (exact) mass is 356 g/mol. The highest BCUT2D eigenvalue weighted by Crippen LogP contribution is 2.27. The van der Waals surface area contributed by atoms with E-state index in [1.165, 1.54) is 33.4 Å². The SMILES string of the molecule is COc1cc(N=CC2C(=O)OC(C)(C)OC2=O)cnc1Br. The highest BCUT2D eigenvalue weighted by atomic mass is 79.9. The van der Waals surface area contributed by atoms with Crippen LogP contribution in [0.25, 0.3) is 0 Å². The van der Waals surface area contributed by atoms with Crippen LogP contribution in [0, 0.1) is 5.92 Å². The first kappa shape index (κ1) is 15.4. The average molecular weight is 357 g/mol. The molecule has 1 aliphatic heterocycles. The van der Waals surface area contributed by atoms with Crippen LogP contribution in [-0.2, 0) is 19.1 Å². The van der Waals surface area contributed by atoms with Gasteiger partial charge in [0.1, 0.15) is 4.60 Å². The van der Waals surface area contributed by atoms with Crippen LogP contribution < -0.4 is 4.74 Å². The minimum Gasteiger partial charge on any atom is -0.494 e. The van der Waals surface area contributed by atoms with Gasteiger partial charge in [-0.1, -0.05) is 0 Å². The minimum atomic E-state index is -1.25. The summed E-state index contributed by atoms with van der Waals surface area (Å²) in [5.41, 5.74) is 0.431. The number of halogens is 1. The van der Waals surface area contributed by atoms with Gasteiger partial charge < -0.3 is 14.2 Å². The lowest BCUT2D eigenvalue weighted by Gasteiger charge is -2.31. The van der Waals surface area contributed by atoms with E-state index in [4.69, 9.17) is 14.2 Å². The summed E-state index contributed by atoms with van der Waals surface area (Å²) < 4.78 is 15.6. The Morgan fingerprint density at radius 1 is 1.38 bits per heavy atom. The molecule has 1 aromatic heterocycles. The van der Waals surface area contributed by atoms with Gasteiger partial charge >= 0.3 is 11.9 Å². The third-order valence-electron chi connectivity index (χ3n) is 2.59. The van der Waals surface area contributed by atoms with Crippen molar-refractivity contribution in [3.8, 4) is 5.75 Å². The molecule has 0 amide bonds. The van der Waals surface area contributed by atoms with E-state index >= 15 is 0 Å². The number of carbonyl (C=O) groups is 2. The molecule has 21 heavy (non-hydrogen) atoms. The summed E-state index contributed by atoms with van der Waals surface area (Å²) >= 11 is 3.21. The number of methoxy groups -OCH3 is 1. The van der Waals surface area contributed by atoms with Gasteiger partial charge in [-0.15, -0.1) is 0 Å². The number of aliphatic imine (C=N–C) groups is 1. The van der Waals surface area contributed by atoms with E-state index in [0.717, 1.165) is 0 Å². The van der Waals surface area contributed by atoms with Crippen LogP contribution in [0.4, 0.5) is 5.69 Å². The molecular formula is C13H13BrN2O5. The van der Waals surface area contributed by atoms with Gasteiger partial charge in [0, 0.05) is 26.1 Å². The molecule has 0 aromatic carbocycles. The second kappa shape index (κ2) is 5.80. The fraction of sp³-hybridized carbons (Fsp3) is 0.385. The third kappa shape index (κ3) is 3.57. The third-order valence-corrected chi connectivity index (χ3v) is 3.18. The lowest BCUT2D eigenvalue weighted by atomic mass is 10.1. The predicted molar refractivity (Wildman–Crippen MR) is 76.4 cm³/mol. The van der Waals surface area contributed by atoms with E-state index in [-0.39, 0.29) is 0 Å². The zero-order chi connectivity index (χ0) is 15.6. The molecule has 7 nitrogen and oxygen atoms in total. The number of rotatable bonds is 3. The smallest absolute Gasteiger partial charge is 0.329 e. The first-order valence-corrected chi connectivity index (χ1v) is 6.81. The Morgan fingerprint density at radius 2 is 2.00 bits per heavy atom. The molecule has 0 spiro atoms. The Hall–Kier alpha value is -1.96. The van der Waals surface area contributed by atoms with Crippen LogP contribution >= 0.6 is 15.9 Å². The van der Waals surface area contributed by atoms with Gasteiger partial charge in [-0.3, -0.25) is 14.6 Å². The van der Waals surface area contributed by atoms with Crippen molar-refractivity contribution in [2.24, 2.45) is 10.9 Å². The molecule has 8 heteroatoms. The molecule has 0 saturated carbocycles. The van der Waals surface area contributed by atoms with Gasteiger partial charge in [-0.2, -0.15) is 0 Å². The molecule has 1 aliphatic rings. The van der Waals surface area contributed by atoms with Crippen LogP contribution in [-0.4, -0.2) is 36.0 Å². The number of pyridine rings is 1. The van der Waals surface area contributed by atoms with Crippen molar-refractivity contribution in [2.45, 2.75) is 19.6 Å². The highest BCUT2D eigenvalue weighted by Gasteiger charge is 2.42. The fourth-order valence-electron chi connectivity index (χ4n) is 1.64. The lowest BCUT2D eigenvalue weighted by Crippen LogP contribution is -2.46. The van der Waals surface area contributed by atoms with Crippen molar-refractivity contribution in [3.63, 3.8) is 0 Å². The number of aromatic nitrogens is 1. The summed E-state index contributed by atoms with van der Waals surface area (Å²) in [5.74, 6) is -3.35. The van der Waals surface area contributed by atoms with E-state index < -0.39 is 23.6 Å². The van der Waals surface area contributed by atoms with Crippen LogP contribution in [0.5, 0.6) is 5.75 Å². The summed E-state index contributed by atoms with van der Waals surface area (Å²) in [5, 5.41) is 0. The van der Waals surface area contributed by atoms with Crippen molar-refractivity contribution in [1.82, 2.24) is 4.98 Å². The van der Waals surface area contributed by atoms with Gasteiger partial charge in [-0.25, -0.2) is 4.98 Å². The molecule has 2 heterocycles. The van der Waals surface area contributed by atoms with E-state index in [2.05, 4.69) is 25.9 Å². The van der Waals surface area contributed by atoms with Gasteiger partial charge in [-0.05, 0) is 15.9 Å². The minimum absolute atomic E-state index is 0.431. The number of nitrogens with zero attached hydrogens (tertiary/aromatic N) is 2. The maximum absolute atomic E-state index is 11.8. The zero-order valence-corrected chi connectivity index (χ0v) is 13.2. The van der Waals surface area contributed by atoms with Gasteiger partial charge in [0.05, 0.1) is 19.0 Å². The van der Waals surface area contributed by atoms with Crippen molar-refractivity contribution < 1.29 is 23.8 Å². The van der Waals surface area contributed by atoms with Gasteiger partial charge in [0.15, 0.2) is 11.7 Å². The lowest BCUT2D eigenvalue weighted by molar-refractivity contribution is -0.235. The summed E-state index contributed by atoms with van der Waals surface area (Å²) in [6.07, 6.45) is 2.64. The summed E-state index contributed by atoms with van der Waals surface area (Å²) in [4.78, 5) is 31.6. The number of ether oxygens (including phenoxy) is 3. The van der Waals surface area contributed by atoms with Crippen molar-refractivity contribution in [3.05, 3.63) is 16.9 Å². The van der Waals surface area contributed by atoms with E-state index in [9.17, 15) is 9.59 Å². The zero-order valence-electron chi connectivity index (χ0n) is 11.6. The van der Waals surface area contributed by atoms with Crippen LogP contribution in [0.3, 0.4) is 0 Å². The molecule has 112 valence electrons. The number of hydrogen-bond acceptors (Lipinski definition) is 7. The molecular weight excluding hydrogens is 344 g/mol. The van der Waals surface area contributed by atoms with Gasteiger partial charge in [0.25, 0.3) is 5.79 Å². The first-order valence-electron chi connectivity index (χ1n) is 6.02. The average Bonchev–Trinajstić information content (AvgIpc) is 2.38. The Balaban J connectivity index is 2.17. The Morgan fingerprint density at radius 3 is 2.57 bits per heavy atom. The molecule has 2 rings (SSSR count). The summed E-state index contributed by atoms with van der Waals surface area (Å²) in [6.45, 7) is 2.97. The Bertz CT molecular complexity index is 595. The quantitative estimate of drug-likeness (QED) is 0.356. The molecule has 1 fully saturated rings. The van der Waals surface area contributed by atoms with Crippen molar-refractivity contribution in [2.75, 3.05) is 7.11 Å². The predicted octanol–water partition coefficient (Wildman–Crippen LogP) is 2.01. The van der Waals surface area contributed by atoms with Crippen LogP contribution in [0.1, 0.15) is 13.8 Å². The number of carbonyl (C=O) groups excluding carboxylic acids is 2. The number of cyclic esters (lactones) is 2. The number of esters is 2. The topological polar surface area (TPSA) is 87.1 Å². The molecule has 0 aliphatic carbocycles. The first-order chi connectivity index (χ1) is 9.82. The van der Waals surface area contributed by atoms with E-state index in [0.29, 0.717) is 16.0 Å². The molecule has 0 atom stereocenters. The second-order valence-corrected chi connectivity index (χ2v) is 5.44. The molecule has 1 aromatic rings. The largest absolute Gasteiger partial charge is 0.494 e. The van der Waals surface area contributed by atoms with Crippen molar-refractivity contribution in [1.29, 1.82) is 0 Å². The molecule has 0 N–H and O–H groups in total. The van der Waals surface area contributed by atoms with E-state index in [1.54, 1.807) is 6.07 Å². The standard InChI is InChI=1S/C13H13BrN2O5/c1-13(2)20-11(17)8(12(18)21-13)6-15-7-4-9(19-3)10(14)16-5-7/h4-6,8H,1-3H3. The maximum atomic E-state index is 11.8. The maximum Gasteiger partial charge on any atom is 0.329 e.